The largest absolute Gasteiger partial charge is 0.357 e. The molecule has 1 aliphatic rings. The Morgan fingerprint density at radius 2 is 1.83 bits per heavy atom. The van der Waals surface area contributed by atoms with Gasteiger partial charge in [0.15, 0.2) is 0 Å². The van der Waals surface area contributed by atoms with Crippen LogP contribution in [0.15, 0.2) is 36.4 Å². The molecule has 1 atom stereocenters. The molecule has 2 heterocycles. The topological polar surface area (TPSA) is 27.8 Å². The van der Waals surface area contributed by atoms with Crippen LogP contribution in [0.4, 0.5) is 0 Å². The molecule has 0 aliphatic carbocycles. The number of H-pyrrole nitrogens is 1. The van der Waals surface area contributed by atoms with Gasteiger partial charge >= 0.3 is 0 Å². The highest BCUT2D eigenvalue weighted by molar-refractivity contribution is 5.86. The highest BCUT2D eigenvalue weighted by Crippen LogP contribution is 2.32. The van der Waals surface area contributed by atoms with Crippen molar-refractivity contribution in [2.24, 2.45) is 0 Å². The highest BCUT2D eigenvalue weighted by atomic mass is 35.5. The van der Waals surface area contributed by atoms with E-state index < -0.39 is 0 Å². The molecule has 0 saturated carbocycles. The zero-order valence-electron chi connectivity index (χ0n) is 14.6. The van der Waals surface area contributed by atoms with Gasteiger partial charge in [-0.05, 0) is 74.5 Å². The fourth-order valence-corrected chi connectivity index (χ4v) is 3.76. The van der Waals surface area contributed by atoms with Crippen molar-refractivity contribution in [3.8, 4) is 0 Å². The van der Waals surface area contributed by atoms with Crippen LogP contribution in [0.1, 0.15) is 39.6 Å². The fraction of sp³-hybridized carbons (Fsp3) is 0.333. The summed E-state index contributed by atoms with van der Waals surface area (Å²) in [6, 6.07) is 14.0. The van der Waals surface area contributed by atoms with E-state index >= 15 is 0 Å². The molecule has 0 bridgehead atoms. The summed E-state index contributed by atoms with van der Waals surface area (Å²) in [4.78, 5) is 3.68. The molecule has 0 fully saturated rings. The molecule has 3 aromatic rings. The van der Waals surface area contributed by atoms with Crippen LogP contribution in [-0.2, 0) is 12.8 Å². The predicted molar refractivity (Wildman–Crippen MR) is 104 cm³/mol. The van der Waals surface area contributed by atoms with Gasteiger partial charge in [0.25, 0.3) is 0 Å². The second-order valence-corrected chi connectivity index (χ2v) is 6.95. The van der Waals surface area contributed by atoms with E-state index in [4.69, 9.17) is 0 Å². The third kappa shape index (κ3) is 2.97. The summed E-state index contributed by atoms with van der Waals surface area (Å²) in [5, 5.41) is 5.11. The lowest BCUT2D eigenvalue weighted by Gasteiger charge is -2.24. The molecule has 2 nitrogen and oxygen atoms in total. The van der Waals surface area contributed by atoms with Crippen LogP contribution in [0.2, 0.25) is 0 Å². The first-order chi connectivity index (χ1) is 11.1. The molecule has 0 spiro atoms. The average Bonchev–Trinajstić information content (AvgIpc) is 2.90. The summed E-state index contributed by atoms with van der Waals surface area (Å²) in [6.07, 6.45) is 2.15. The summed E-state index contributed by atoms with van der Waals surface area (Å²) in [6.45, 7) is 7.61. The lowest BCUT2D eigenvalue weighted by Crippen LogP contribution is -2.31. The summed E-state index contributed by atoms with van der Waals surface area (Å²) in [7, 11) is 0. The second kappa shape index (κ2) is 6.62. The third-order valence-electron chi connectivity index (χ3n) is 5.22. The van der Waals surface area contributed by atoms with E-state index in [1.807, 2.05) is 0 Å². The number of benzene rings is 2. The summed E-state index contributed by atoms with van der Waals surface area (Å²) < 4.78 is 0. The normalized spacial score (nSPS) is 16.7. The van der Waals surface area contributed by atoms with Crippen LogP contribution in [0.3, 0.4) is 0 Å². The van der Waals surface area contributed by atoms with Crippen molar-refractivity contribution in [1.82, 2.24) is 10.3 Å². The lowest BCUT2D eigenvalue weighted by atomic mass is 9.93. The lowest BCUT2D eigenvalue weighted by molar-refractivity contribution is 0.495. The van der Waals surface area contributed by atoms with Gasteiger partial charge in [-0.1, -0.05) is 29.8 Å². The minimum absolute atomic E-state index is 0. The minimum Gasteiger partial charge on any atom is -0.357 e. The summed E-state index contributed by atoms with van der Waals surface area (Å²) >= 11 is 0. The molecule has 24 heavy (non-hydrogen) atoms. The number of halogens is 1. The summed E-state index contributed by atoms with van der Waals surface area (Å²) in [5.41, 5.74) is 9.66. The van der Waals surface area contributed by atoms with Gasteiger partial charge in [-0.3, -0.25) is 0 Å². The number of hydrogen-bond donors (Lipinski definition) is 2. The van der Waals surface area contributed by atoms with Crippen LogP contribution in [0.5, 0.6) is 0 Å². The van der Waals surface area contributed by atoms with Gasteiger partial charge in [-0.2, -0.15) is 0 Å². The molecule has 4 rings (SSSR count). The minimum atomic E-state index is 0. The molecule has 0 saturated heterocycles. The van der Waals surface area contributed by atoms with E-state index in [0.717, 1.165) is 19.4 Å². The van der Waals surface area contributed by atoms with E-state index in [0.29, 0.717) is 6.04 Å². The van der Waals surface area contributed by atoms with Crippen LogP contribution < -0.4 is 5.32 Å². The van der Waals surface area contributed by atoms with E-state index in [9.17, 15) is 0 Å². The smallest absolute Gasteiger partial charge is 0.0517 e. The van der Waals surface area contributed by atoms with Crippen LogP contribution in [-0.4, -0.2) is 11.5 Å². The van der Waals surface area contributed by atoms with E-state index in [2.05, 4.69) is 67.5 Å². The second-order valence-electron chi connectivity index (χ2n) is 6.95. The monoisotopic (exact) mass is 340 g/mol. The Morgan fingerprint density at radius 1 is 1.00 bits per heavy atom. The Balaban J connectivity index is 0.00000169. The third-order valence-corrected chi connectivity index (χ3v) is 5.22. The number of nitrogens with one attached hydrogen (secondary N) is 2. The molecule has 3 heteroatoms. The zero-order chi connectivity index (χ0) is 16.0. The van der Waals surface area contributed by atoms with Crippen molar-refractivity contribution in [3.63, 3.8) is 0 Å². The number of aromatic nitrogens is 1. The first-order valence-electron chi connectivity index (χ1n) is 8.52. The maximum absolute atomic E-state index is 3.70. The van der Waals surface area contributed by atoms with Gasteiger partial charge in [0.2, 0.25) is 0 Å². The molecule has 126 valence electrons. The van der Waals surface area contributed by atoms with Crippen molar-refractivity contribution in [2.75, 3.05) is 6.54 Å². The Kier molecular flexibility index (Phi) is 4.71. The van der Waals surface area contributed by atoms with E-state index in [1.165, 1.54) is 44.4 Å². The van der Waals surface area contributed by atoms with Gasteiger partial charge in [-0.15, -0.1) is 12.4 Å². The van der Waals surface area contributed by atoms with E-state index in [1.54, 1.807) is 0 Å². The molecule has 1 aromatic heterocycles. The zero-order valence-corrected chi connectivity index (χ0v) is 15.4. The maximum atomic E-state index is 3.70. The van der Waals surface area contributed by atoms with Crippen molar-refractivity contribution in [1.29, 1.82) is 0 Å². The number of hydrogen-bond acceptors (Lipinski definition) is 1. The molecular weight excluding hydrogens is 316 g/mol. The SMILES string of the molecule is Cc1ccc2[nH]c3c(c2c1)CCNC3Cc1ccc(C)c(C)c1.Cl. The fourth-order valence-electron chi connectivity index (χ4n) is 3.76. The van der Waals surface area contributed by atoms with Gasteiger partial charge < -0.3 is 10.3 Å². The van der Waals surface area contributed by atoms with Crippen LogP contribution in [0, 0.1) is 20.8 Å². The molecule has 2 aromatic carbocycles. The Labute approximate surface area is 150 Å². The number of rotatable bonds is 2. The van der Waals surface area contributed by atoms with Gasteiger partial charge in [0.1, 0.15) is 0 Å². The Bertz CT molecular complexity index is 879. The standard InChI is InChI=1S/C21H24N2.ClH/c1-13-4-7-19-18(10-13)17-8-9-22-20(21(17)23-19)12-16-6-5-14(2)15(3)11-16;/h4-7,10-11,20,22-23H,8-9,12H2,1-3H3;1H. The van der Waals surface area contributed by atoms with Crippen molar-refractivity contribution < 1.29 is 0 Å². The van der Waals surface area contributed by atoms with Crippen LogP contribution in [0.25, 0.3) is 10.9 Å². The van der Waals surface area contributed by atoms with Crippen molar-refractivity contribution in [2.45, 2.75) is 39.7 Å². The molecular formula is C21H25ClN2. The maximum Gasteiger partial charge on any atom is 0.0517 e. The first-order valence-corrected chi connectivity index (χ1v) is 8.52. The quantitative estimate of drug-likeness (QED) is 0.679. The average molecular weight is 341 g/mol. The Hall–Kier alpha value is -1.77. The van der Waals surface area contributed by atoms with Gasteiger partial charge in [0, 0.05) is 16.6 Å². The number of aromatic amines is 1. The molecule has 2 N–H and O–H groups in total. The molecule has 1 unspecified atom stereocenters. The van der Waals surface area contributed by atoms with Gasteiger partial charge in [-0.25, -0.2) is 0 Å². The molecule has 1 aliphatic heterocycles. The number of fused-ring (bicyclic) bond motifs is 3. The highest BCUT2D eigenvalue weighted by Gasteiger charge is 2.24. The first kappa shape index (κ1) is 17.1. The predicted octanol–water partition coefficient (Wildman–Crippen LogP) is 4.94. The van der Waals surface area contributed by atoms with Crippen molar-refractivity contribution >= 4 is 23.3 Å². The molecule has 0 radical (unpaired) electrons. The van der Waals surface area contributed by atoms with Crippen LogP contribution >= 0.6 is 12.4 Å². The Morgan fingerprint density at radius 3 is 2.62 bits per heavy atom. The summed E-state index contributed by atoms with van der Waals surface area (Å²) in [5.74, 6) is 0. The van der Waals surface area contributed by atoms with E-state index in [-0.39, 0.29) is 12.4 Å². The molecule has 0 amide bonds. The number of aryl methyl sites for hydroxylation is 3. The van der Waals surface area contributed by atoms with Gasteiger partial charge in [0.05, 0.1) is 6.04 Å². The van der Waals surface area contributed by atoms with Crippen molar-refractivity contribution in [3.05, 3.63) is 69.9 Å².